The molecule has 0 amide bonds. The van der Waals surface area contributed by atoms with Crippen LogP contribution in [0, 0.1) is 0 Å². The van der Waals surface area contributed by atoms with Gasteiger partial charge >= 0.3 is 5.97 Å². The summed E-state index contributed by atoms with van der Waals surface area (Å²) in [6, 6.07) is -0.688. The summed E-state index contributed by atoms with van der Waals surface area (Å²) in [7, 11) is 0. The summed E-state index contributed by atoms with van der Waals surface area (Å²) in [5.41, 5.74) is 5.51. The SMILES string of the molecule is C=CCOC(=O)[C@@H](N)COCCCC. The van der Waals surface area contributed by atoms with Crippen LogP contribution in [0.4, 0.5) is 0 Å². The lowest BCUT2D eigenvalue weighted by atomic mass is 10.3. The second-order valence-electron chi connectivity index (χ2n) is 2.95. The first kappa shape index (κ1) is 13.1. The maximum absolute atomic E-state index is 11.1. The minimum Gasteiger partial charge on any atom is -0.460 e. The number of ether oxygens (including phenoxy) is 2. The maximum Gasteiger partial charge on any atom is 0.325 e. The molecule has 0 saturated carbocycles. The van der Waals surface area contributed by atoms with Crippen molar-refractivity contribution in [3.63, 3.8) is 0 Å². The van der Waals surface area contributed by atoms with Crippen LogP contribution in [-0.2, 0) is 14.3 Å². The first-order valence-electron chi connectivity index (χ1n) is 4.83. The molecule has 0 aromatic heterocycles. The largest absolute Gasteiger partial charge is 0.460 e. The molecule has 4 nitrogen and oxygen atoms in total. The molecular formula is C10H19NO3. The van der Waals surface area contributed by atoms with Gasteiger partial charge in [0.1, 0.15) is 12.6 Å². The molecule has 0 saturated heterocycles. The van der Waals surface area contributed by atoms with Crippen LogP contribution >= 0.6 is 0 Å². The predicted octanol–water partition coefficient (Wildman–Crippen LogP) is 0.860. The highest BCUT2D eigenvalue weighted by molar-refractivity contribution is 5.75. The highest BCUT2D eigenvalue weighted by Gasteiger charge is 2.13. The summed E-state index contributed by atoms with van der Waals surface area (Å²) in [6.45, 7) is 6.55. The molecule has 0 aromatic rings. The molecule has 4 heteroatoms. The molecule has 0 aliphatic rings. The van der Waals surface area contributed by atoms with E-state index in [-0.39, 0.29) is 13.2 Å². The standard InChI is InChI=1S/C10H19NO3/c1-3-5-7-13-8-9(11)10(12)14-6-4-2/h4,9H,2-3,5-8,11H2,1H3/t9-/m0/s1. The van der Waals surface area contributed by atoms with Crippen LogP contribution in [0.15, 0.2) is 12.7 Å². The third-order valence-electron chi connectivity index (χ3n) is 1.59. The molecule has 0 spiro atoms. The van der Waals surface area contributed by atoms with Crippen molar-refractivity contribution >= 4 is 5.97 Å². The summed E-state index contributed by atoms with van der Waals surface area (Å²) in [4.78, 5) is 11.1. The van der Waals surface area contributed by atoms with Crippen molar-refractivity contribution in [1.82, 2.24) is 0 Å². The Morgan fingerprint density at radius 3 is 2.93 bits per heavy atom. The van der Waals surface area contributed by atoms with Crippen molar-refractivity contribution in [2.24, 2.45) is 5.73 Å². The summed E-state index contributed by atoms with van der Waals surface area (Å²) in [5, 5.41) is 0. The van der Waals surface area contributed by atoms with Crippen LogP contribution in [0.1, 0.15) is 19.8 Å². The Morgan fingerprint density at radius 1 is 1.64 bits per heavy atom. The summed E-state index contributed by atoms with van der Waals surface area (Å²) >= 11 is 0. The lowest BCUT2D eigenvalue weighted by molar-refractivity contribution is -0.145. The number of unbranched alkanes of at least 4 members (excludes halogenated alkanes) is 1. The first-order valence-corrected chi connectivity index (χ1v) is 4.83. The Kier molecular flexibility index (Phi) is 8.17. The van der Waals surface area contributed by atoms with Gasteiger partial charge in [0.15, 0.2) is 0 Å². The van der Waals surface area contributed by atoms with Gasteiger partial charge in [0.2, 0.25) is 0 Å². The molecule has 14 heavy (non-hydrogen) atoms. The van der Waals surface area contributed by atoms with E-state index < -0.39 is 12.0 Å². The summed E-state index contributed by atoms with van der Waals surface area (Å²) in [5.74, 6) is -0.443. The highest BCUT2D eigenvalue weighted by Crippen LogP contribution is 1.91. The lowest BCUT2D eigenvalue weighted by Crippen LogP contribution is -2.36. The molecule has 0 aliphatic heterocycles. The van der Waals surface area contributed by atoms with Crippen LogP contribution in [-0.4, -0.2) is 31.8 Å². The minimum absolute atomic E-state index is 0.196. The van der Waals surface area contributed by atoms with E-state index in [2.05, 4.69) is 13.5 Å². The Labute approximate surface area is 85.1 Å². The third-order valence-corrected chi connectivity index (χ3v) is 1.59. The summed E-state index contributed by atoms with van der Waals surface area (Å²) in [6.07, 6.45) is 3.55. The lowest BCUT2D eigenvalue weighted by Gasteiger charge is -2.10. The van der Waals surface area contributed by atoms with Crippen LogP contribution in [0.25, 0.3) is 0 Å². The van der Waals surface area contributed by atoms with Gasteiger partial charge in [-0.1, -0.05) is 26.0 Å². The predicted molar refractivity (Wildman–Crippen MR) is 54.9 cm³/mol. The van der Waals surface area contributed by atoms with Gasteiger partial charge < -0.3 is 15.2 Å². The highest BCUT2D eigenvalue weighted by atomic mass is 16.5. The zero-order chi connectivity index (χ0) is 10.8. The number of nitrogens with two attached hydrogens (primary N) is 1. The fraction of sp³-hybridized carbons (Fsp3) is 0.700. The van der Waals surface area contributed by atoms with Crippen LogP contribution in [0.2, 0.25) is 0 Å². The van der Waals surface area contributed by atoms with E-state index in [9.17, 15) is 4.79 Å². The number of carbonyl (C=O) groups excluding carboxylic acids is 1. The molecule has 0 bridgehead atoms. The molecule has 0 aromatic carbocycles. The van der Waals surface area contributed by atoms with Gasteiger partial charge in [-0.3, -0.25) is 4.79 Å². The molecule has 0 fully saturated rings. The monoisotopic (exact) mass is 201 g/mol. The van der Waals surface area contributed by atoms with Crippen molar-refractivity contribution < 1.29 is 14.3 Å². The van der Waals surface area contributed by atoms with E-state index in [0.717, 1.165) is 12.8 Å². The Morgan fingerprint density at radius 2 is 2.36 bits per heavy atom. The van der Waals surface area contributed by atoms with E-state index in [0.29, 0.717) is 6.61 Å². The van der Waals surface area contributed by atoms with Crippen molar-refractivity contribution in [2.75, 3.05) is 19.8 Å². The van der Waals surface area contributed by atoms with Crippen molar-refractivity contribution in [3.05, 3.63) is 12.7 Å². The molecule has 0 aliphatic carbocycles. The number of rotatable bonds is 8. The van der Waals surface area contributed by atoms with Gasteiger partial charge in [-0.25, -0.2) is 0 Å². The molecule has 0 unspecified atom stereocenters. The zero-order valence-electron chi connectivity index (χ0n) is 8.70. The van der Waals surface area contributed by atoms with Crippen LogP contribution in [0.5, 0.6) is 0 Å². The fourth-order valence-electron chi connectivity index (χ4n) is 0.773. The topological polar surface area (TPSA) is 61.5 Å². The van der Waals surface area contributed by atoms with Crippen LogP contribution < -0.4 is 5.73 Å². The number of hydrogen-bond acceptors (Lipinski definition) is 4. The van der Waals surface area contributed by atoms with E-state index >= 15 is 0 Å². The Balaban J connectivity index is 3.46. The fourth-order valence-corrected chi connectivity index (χ4v) is 0.773. The van der Waals surface area contributed by atoms with Crippen molar-refractivity contribution in [3.8, 4) is 0 Å². The number of esters is 1. The normalized spacial score (nSPS) is 12.1. The second kappa shape index (κ2) is 8.72. The minimum atomic E-state index is -0.688. The molecule has 1 atom stereocenters. The first-order chi connectivity index (χ1) is 6.72. The van der Waals surface area contributed by atoms with E-state index in [1.807, 2.05) is 0 Å². The maximum atomic E-state index is 11.1. The van der Waals surface area contributed by atoms with E-state index in [1.54, 1.807) is 0 Å². The average Bonchev–Trinajstić information content (AvgIpc) is 2.20. The Bertz CT molecular complexity index is 171. The van der Waals surface area contributed by atoms with Gasteiger partial charge in [0.05, 0.1) is 6.61 Å². The molecule has 0 rings (SSSR count). The quantitative estimate of drug-likeness (QED) is 0.359. The Hall–Kier alpha value is -0.870. The summed E-state index contributed by atoms with van der Waals surface area (Å²) < 4.78 is 9.93. The third kappa shape index (κ3) is 6.62. The van der Waals surface area contributed by atoms with Crippen molar-refractivity contribution in [2.45, 2.75) is 25.8 Å². The smallest absolute Gasteiger partial charge is 0.325 e. The van der Waals surface area contributed by atoms with E-state index in [4.69, 9.17) is 15.2 Å². The number of hydrogen-bond donors (Lipinski definition) is 1. The second-order valence-corrected chi connectivity index (χ2v) is 2.95. The average molecular weight is 201 g/mol. The van der Waals surface area contributed by atoms with E-state index in [1.165, 1.54) is 6.08 Å². The zero-order valence-corrected chi connectivity index (χ0v) is 8.70. The van der Waals surface area contributed by atoms with Gasteiger partial charge in [-0.2, -0.15) is 0 Å². The molecule has 2 N–H and O–H groups in total. The van der Waals surface area contributed by atoms with Gasteiger partial charge in [-0.15, -0.1) is 0 Å². The molecule has 0 radical (unpaired) electrons. The number of carbonyl (C=O) groups is 1. The van der Waals surface area contributed by atoms with Gasteiger partial charge in [-0.05, 0) is 6.42 Å². The van der Waals surface area contributed by atoms with Crippen LogP contribution in [0.3, 0.4) is 0 Å². The van der Waals surface area contributed by atoms with Crippen molar-refractivity contribution in [1.29, 1.82) is 0 Å². The molecular weight excluding hydrogens is 182 g/mol. The van der Waals surface area contributed by atoms with Gasteiger partial charge in [0, 0.05) is 6.61 Å². The van der Waals surface area contributed by atoms with Gasteiger partial charge in [0.25, 0.3) is 0 Å². The molecule has 0 heterocycles. The molecule has 82 valence electrons.